The van der Waals surface area contributed by atoms with Crippen LogP contribution in [0.1, 0.15) is 31.7 Å². The molecule has 1 saturated heterocycles. The summed E-state index contributed by atoms with van der Waals surface area (Å²) in [6.45, 7) is 8.50. The fourth-order valence-electron chi connectivity index (χ4n) is 5.10. The van der Waals surface area contributed by atoms with Gasteiger partial charge in [0.25, 0.3) is 10.0 Å². The molecular formula is C33H33FN8O3S2. The molecule has 5 aromatic rings. The highest BCUT2D eigenvalue weighted by Gasteiger charge is 2.21. The monoisotopic (exact) mass is 672 g/mol. The van der Waals surface area contributed by atoms with Crippen LogP contribution in [0.15, 0.2) is 84.0 Å². The Labute approximate surface area is 276 Å². The minimum absolute atomic E-state index is 0.0869. The predicted molar refractivity (Wildman–Crippen MR) is 182 cm³/mol. The molecule has 3 aromatic heterocycles. The lowest BCUT2D eigenvalue weighted by Crippen LogP contribution is -2.48. The van der Waals surface area contributed by atoms with Gasteiger partial charge >= 0.3 is 0 Å². The van der Waals surface area contributed by atoms with Crippen molar-refractivity contribution in [1.29, 1.82) is 0 Å². The number of halogens is 1. The average molecular weight is 673 g/mol. The van der Waals surface area contributed by atoms with Crippen LogP contribution in [-0.2, 0) is 14.8 Å². The van der Waals surface area contributed by atoms with Crippen LogP contribution in [0.4, 0.5) is 27.5 Å². The summed E-state index contributed by atoms with van der Waals surface area (Å²) in [6, 6.07) is 17.5. The van der Waals surface area contributed by atoms with Crippen LogP contribution in [-0.4, -0.2) is 65.3 Å². The molecule has 47 heavy (non-hydrogen) atoms. The lowest BCUT2D eigenvalue weighted by molar-refractivity contribution is -0.129. The number of piperazine rings is 1. The van der Waals surface area contributed by atoms with Crippen LogP contribution in [0.3, 0.4) is 0 Å². The molecule has 1 amide bonds. The van der Waals surface area contributed by atoms with E-state index in [2.05, 4.69) is 38.8 Å². The van der Waals surface area contributed by atoms with Gasteiger partial charge in [0.05, 0.1) is 38.1 Å². The molecule has 1 aliphatic heterocycles. The molecule has 0 atom stereocenters. The first kappa shape index (κ1) is 32.0. The maximum absolute atomic E-state index is 13.7. The Hall–Kier alpha value is -4.95. The first-order chi connectivity index (χ1) is 22.6. The van der Waals surface area contributed by atoms with Crippen LogP contribution in [0.5, 0.6) is 0 Å². The molecule has 1 aliphatic rings. The molecule has 0 bridgehead atoms. The van der Waals surface area contributed by atoms with Crippen molar-refractivity contribution in [2.24, 2.45) is 0 Å². The Morgan fingerprint density at radius 2 is 1.72 bits per heavy atom. The molecular weight excluding hydrogens is 640 g/mol. The third-order valence-corrected chi connectivity index (χ3v) is 10.3. The number of nitrogens with zero attached hydrogens (tertiary/aromatic N) is 6. The molecule has 14 heteroatoms. The van der Waals surface area contributed by atoms with Gasteiger partial charge in [-0.05, 0) is 48.5 Å². The zero-order valence-electron chi connectivity index (χ0n) is 26.0. The van der Waals surface area contributed by atoms with E-state index >= 15 is 0 Å². The van der Waals surface area contributed by atoms with E-state index in [4.69, 9.17) is 9.97 Å². The molecule has 0 unspecified atom stereocenters. The summed E-state index contributed by atoms with van der Waals surface area (Å²) < 4.78 is 42.2. The van der Waals surface area contributed by atoms with Crippen molar-refractivity contribution in [3.63, 3.8) is 0 Å². The second-order valence-corrected chi connectivity index (χ2v) is 14.0. The Bertz CT molecular complexity index is 2010. The van der Waals surface area contributed by atoms with Gasteiger partial charge < -0.3 is 15.1 Å². The smallest absolute Gasteiger partial charge is 0.261 e. The van der Waals surface area contributed by atoms with Crippen molar-refractivity contribution in [3.05, 3.63) is 89.9 Å². The maximum Gasteiger partial charge on any atom is 0.261 e. The van der Waals surface area contributed by atoms with Gasteiger partial charge in [-0.3, -0.25) is 9.52 Å². The van der Waals surface area contributed by atoms with Crippen molar-refractivity contribution >= 4 is 50.4 Å². The fourth-order valence-corrected chi connectivity index (χ4v) is 7.24. The summed E-state index contributed by atoms with van der Waals surface area (Å²) in [5, 5.41) is 4.13. The largest absolute Gasteiger partial charge is 0.353 e. The van der Waals surface area contributed by atoms with Crippen LogP contribution >= 0.6 is 11.3 Å². The van der Waals surface area contributed by atoms with Gasteiger partial charge in [0.1, 0.15) is 11.6 Å². The van der Waals surface area contributed by atoms with Crippen LogP contribution in [0.2, 0.25) is 0 Å². The van der Waals surface area contributed by atoms with Crippen LogP contribution in [0, 0.1) is 5.82 Å². The summed E-state index contributed by atoms with van der Waals surface area (Å²) in [5.74, 6) is 0.821. The van der Waals surface area contributed by atoms with E-state index in [0.717, 1.165) is 40.5 Å². The number of rotatable bonds is 9. The number of carbonyl (C=O) groups excluding carboxylic acids is 1. The number of hydrogen-bond acceptors (Lipinski definition) is 10. The van der Waals surface area contributed by atoms with Crippen molar-refractivity contribution in [1.82, 2.24) is 24.8 Å². The van der Waals surface area contributed by atoms with E-state index in [1.165, 1.54) is 29.5 Å². The number of amides is 1. The van der Waals surface area contributed by atoms with E-state index in [0.29, 0.717) is 41.7 Å². The molecule has 6 rings (SSSR count). The van der Waals surface area contributed by atoms with E-state index in [9.17, 15) is 17.6 Å². The average Bonchev–Trinajstić information content (AvgIpc) is 3.52. The van der Waals surface area contributed by atoms with Gasteiger partial charge in [-0.1, -0.05) is 32.0 Å². The number of nitrogens with one attached hydrogen (secondary N) is 2. The highest BCUT2D eigenvalue weighted by atomic mass is 32.2. The highest BCUT2D eigenvalue weighted by Crippen LogP contribution is 2.39. The highest BCUT2D eigenvalue weighted by molar-refractivity contribution is 7.92. The molecule has 2 N–H and O–H groups in total. The SMILES string of the molecule is CC(=O)N1CCN(c2ccc(Nc3nccc(-c4sc(C(C)C)nc4-c4cccc(NS(=O)(=O)c5cccc(F)c5)c4)n3)cn2)CC1. The minimum Gasteiger partial charge on any atom is -0.353 e. The van der Waals surface area contributed by atoms with Gasteiger partial charge in [0, 0.05) is 56.5 Å². The number of thiazole rings is 1. The predicted octanol–water partition coefficient (Wildman–Crippen LogP) is 6.14. The van der Waals surface area contributed by atoms with Gasteiger partial charge in [0.15, 0.2) is 0 Å². The Morgan fingerprint density at radius 3 is 2.43 bits per heavy atom. The van der Waals surface area contributed by atoms with Crippen LogP contribution in [0.25, 0.3) is 21.8 Å². The normalized spacial score (nSPS) is 13.6. The molecule has 242 valence electrons. The first-order valence-electron chi connectivity index (χ1n) is 15.0. The van der Waals surface area contributed by atoms with Gasteiger partial charge in [-0.25, -0.2) is 32.7 Å². The fraction of sp³-hybridized carbons (Fsp3) is 0.242. The molecule has 2 aromatic carbocycles. The van der Waals surface area contributed by atoms with E-state index in [1.54, 1.807) is 37.5 Å². The number of benzene rings is 2. The molecule has 0 radical (unpaired) electrons. The summed E-state index contributed by atoms with van der Waals surface area (Å²) in [6.07, 6.45) is 3.40. The summed E-state index contributed by atoms with van der Waals surface area (Å²) in [5.41, 5.74) is 3.05. The van der Waals surface area contributed by atoms with Gasteiger partial charge in [-0.2, -0.15) is 0 Å². The standard InChI is InChI=1S/C33H33FN8O3S2/c1-21(2)32-39-30(23-6-4-8-25(18-23)40-47(44,45)27-9-5-7-24(34)19-27)31(46-32)28-12-13-35-33(38-28)37-26-10-11-29(36-20-26)42-16-14-41(15-17-42)22(3)43/h4-13,18-21,40H,14-17H2,1-3H3,(H,35,37,38). The van der Waals surface area contributed by atoms with Gasteiger partial charge in [0.2, 0.25) is 11.9 Å². The molecule has 1 fully saturated rings. The number of sulfonamides is 1. The second kappa shape index (κ2) is 13.4. The quantitative estimate of drug-likeness (QED) is 0.190. The zero-order valence-corrected chi connectivity index (χ0v) is 27.6. The van der Waals surface area contributed by atoms with E-state index in [-0.39, 0.29) is 16.7 Å². The number of hydrogen-bond donors (Lipinski definition) is 2. The van der Waals surface area contributed by atoms with Crippen molar-refractivity contribution in [2.75, 3.05) is 41.1 Å². The number of carbonyl (C=O) groups is 1. The van der Waals surface area contributed by atoms with Gasteiger partial charge in [-0.15, -0.1) is 11.3 Å². The maximum atomic E-state index is 13.7. The number of pyridine rings is 1. The molecule has 11 nitrogen and oxygen atoms in total. The summed E-state index contributed by atoms with van der Waals surface area (Å²) >= 11 is 1.52. The number of anilines is 4. The minimum atomic E-state index is -4.01. The Balaban J connectivity index is 1.23. The zero-order chi connectivity index (χ0) is 33.1. The van der Waals surface area contributed by atoms with E-state index < -0.39 is 15.8 Å². The Kier molecular flexibility index (Phi) is 9.14. The van der Waals surface area contributed by atoms with Crippen molar-refractivity contribution in [2.45, 2.75) is 31.6 Å². The number of aromatic nitrogens is 4. The third kappa shape index (κ3) is 7.39. The van der Waals surface area contributed by atoms with Crippen molar-refractivity contribution in [3.8, 4) is 21.8 Å². The lowest BCUT2D eigenvalue weighted by atomic mass is 10.1. The molecule has 0 saturated carbocycles. The third-order valence-electron chi connectivity index (χ3n) is 7.57. The Morgan fingerprint density at radius 1 is 0.936 bits per heavy atom. The molecule has 4 heterocycles. The van der Waals surface area contributed by atoms with E-state index in [1.807, 2.05) is 29.2 Å². The summed E-state index contributed by atoms with van der Waals surface area (Å²) in [4.78, 5) is 35.0. The summed E-state index contributed by atoms with van der Waals surface area (Å²) in [7, 11) is -4.01. The molecule has 0 aliphatic carbocycles. The topological polar surface area (TPSA) is 133 Å². The lowest BCUT2D eigenvalue weighted by Gasteiger charge is -2.34. The molecule has 0 spiro atoms. The van der Waals surface area contributed by atoms with Crippen molar-refractivity contribution < 1.29 is 17.6 Å². The van der Waals surface area contributed by atoms with Crippen LogP contribution < -0.4 is 14.9 Å². The second-order valence-electron chi connectivity index (χ2n) is 11.3. The first-order valence-corrected chi connectivity index (χ1v) is 17.3.